The van der Waals surface area contributed by atoms with Crippen LogP contribution in [0.1, 0.15) is 18.4 Å². The van der Waals surface area contributed by atoms with Gasteiger partial charge in [-0.05, 0) is 42.7 Å². The van der Waals surface area contributed by atoms with Crippen LogP contribution >= 0.6 is 0 Å². The maximum Gasteiger partial charge on any atom is 0.118 e. The van der Waals surface area contributed by atoms with Gasteiger partial charge in [0, 0.05) is 13.1 Å². The van der Waals surface area contributed by atoms with Gasteiger partial charge in [-0.2, -0.15) is 5.10 Å². The standard InChI is InChI=1S/C12H16N2O/c1-15-12-6-4-11(5-7-12)10-13-14-8-2-3-9-14/h4-7,10H,2-3,8-9H2,1H3/b13-10+. The third-order valence-corrected chi connectivity index (χ3v) is 2.57. The van der Waals surface area contributed by atoms with Crippen molar-refractivity contribution in [2.45, 2.75) is 12.8 Å². The number of methoxy groups -OCH3 is 1. The van der Waals surface area contributed by atoms with Gasteiger partial charge in [-0.25, -0.2) is 0 Å². The lowest BCUT2D eigenvalue weighted by atomic mass is 10.2. The van der Waals surface area contributed by atoms with Gasteiger partial charge in [-0.1, -0.05) is 0 Å². The Morgan fingerprint density at radius 2 is 1.87 bits per heavy atom. The van der Waals surface area contributed by atoms with Crippen LogP contribution in [0.3, 0.4) is 0 Å². The van der Waals surface area contributed by atoms with E-state index in [1.807, 2.05) is 30.5 Å². The molecule has 0 unspecified atom stereocenters. The van der Waals surface area contributed by atoms with Gasteiger partial charge < -0.3 is 4.74 Å². The molecule has 2 rings (SSSR count). The van der Waals surface area contributed by atoms with Crippen LogP contribution in [0.25, 0.3) is 0 Å². The zero-order valence-corrected chi connectivity index (χ0v) is 9.02. The first-order valence-electron chi connectivity index (χ1n) is 5.31. The Bertz CT molecular complexity index is 326. The highest BCUT2D eigenvalue weighted by Crippen LogP contribution is 2.11. The molecule has 0 atom stereocenters. The molecule has 1 heterocycles. The largest absolute Gasteiger partial charge is 0.497 e. The van der Waals surface area contributed by atoms with Crippen molar-refractivity contribution in [2.75, 3.05) is 20.2 Å². The van der Waals surface area contributed by atoms with Gasteiger partial charge in [-0.15, -0.1) is 0 Å². The minimum atomic E-state index is 0.883. The van der Waals surface area contributed by atoms with Crippen LogP contribution in [0.2, 0.25) is 0 Å². The van der Waals surface area contributed by atoms with Gasteiger partial charge in [0.25, 0.3) is 0 Å². The first-order chi connectivity index (χ1) is 7.38. The molecule has 0 bridgehead atoms. The number of hydrazone groups is 1. The molecule has 0 spiro atoms. The van der Waals surface area contributed by atoms with Crippen LogP contribution in [0, 0.1) is 0 Å². The Balaban J connectivity index is 1.97. The van der Waals surface area contributed by atoms with E-state index >= 15 is 0 Å². The molecule has 0 radical (unpaired) electrons. The van der Waals surface area contributed by atoms with Crippen LogP contribution in [0.4, 0.5) is 0 Å². The molecule has 3 nitrogen and oxygen atoms in total. The first-order valence-corrected chi connectivity index (χ1v) is 5.31. The molecule has 3 heteroatoms. The fourth-order valence-corrected chi connectivity index (χ4v) is 1.65. The van der Waals surface area contributed by atoms with Crippen molar-refractivity contribution >= 4 is 6.21 Å². The van der Waals surface area contributed by atoms with E-state index in [1.165, 1.54) is 12.8 Å². The van der Waals surface area contributed by atoms with E-state index in [0.29, 0.717) is 0 Å². The van der Waals surface area contributed by atoms with E-state index in [4.69, 9.17) is 4.74 Å². The summed E-state index contributed by atoms with van der Waals surface area (Å²) in [6, 6.07) is 7.92. The third kappa shape index (κ3) is 2.72. The lowest BCUT2D eigenvalue weighted by molar-refractivity contribution is 0.362. The van der Waals surface area contributed by atoms with Gasteiger partial charge >= 0.3 is 0 Å². The summed E-state index contributed by atoms with van der Waals surface area (Å²) in [6.45, 7) is 2.18. The van der Waals surface area contributed by atoms with Crippen molar-refractivity contribution < 1.29 is 4.74 Å². The van der Waals surface area contributed by atoms with E-state index < -0.39 is 0 Å². The topological polar surface area (TPSA) is 24.8 Å². The zero-order chi connectivity index (χ0) is 10.5. The Hall–Kier alpha value is -1.51. The highest BCUT2D eigenvalue weighted by Gasteiger charge is 2.07. The van der Waals surface area contributed by atoms with Crippen molar-refractivity contribution in [3.63, 3.8) is 0 Å². The quantitative estimate of drug-likeness (QED) is 0.704. The molecule has 15 heavy (non-hydrogen) atoms. The van der Waals surface area contributed by atoms with Crippen LogP contribution in [0.5, 0.6) is 5.75 Å². The van der Waals surface area contributed by atoms with E-state index in [-0.39, 0.29) is 0 Å². The molecular formula is C12H16N2O. The predicted octanol–water partition coefficient (Wildman–Crippen LogP) is 2.12. The van der Waals surface area contributed by atoms with E-state index in [2.05, 4.69) is 10.1 Å². The Labute approximate surface area is 90.4 Å². The minimum absolute atomic E-state index is 0.883. The van der Waals surface area contributed by atoms with Gasteiger partial charge in [0.15, 0.2) is 0 Å². The molecular weight excluding hydrogens is 188 g/mol. The molecule has 1 aliphatic heterocycles. The lowest BCUT2D eigenvalue weighted by Crippen LogP contribution is -2.11. The number of ether oxygens (including phenoxy) is 1. The van der Waals surface area contributed by atoms with Crippen molar-refractivity contribution in [2.24, 2.45) is 5.10 Å². The number of nitrogens with zero attached hydrogens (tertiary/aromatic N) is 2. The molecule has 1 aliphatic rings. The Kier molecular flexibility index (Phi) is 3.22. The molecule has 0 aromatic heterocycles. The van der Waals surface area contributed by atoms with E-state index in [0.717, 1.165) is 24.4 Å². The fourth-order valence-electron chi connectivity index (χ4n) is 1.65. The fraction of sp³-hybridized carbons (Fsp3) is 0.417. The summed E-state index contributed by atoms with van der Waals surface area (Å²) in [5.41, 5.74) is 1.11. The van der Waals surface area contributed by atoms with Crippen molar-refractivity contribution in [3.05, 3.63) is 29.8 Å². The average molecular weight is 204 g/mol. The van der Waals surface area contributed by atoms with Crippen LogP contribution in [-0.2, 0) is 0 Å². The summed E-state index contributed by atoms with van der Waals surface area (Å²) in [4.78, 5) is 0. The van der Waals surface area contributed by atoms with Crippen LogP contribution < -0.4 is 4.74 Å². The van der Waals surface area contributed by atoms with Crippen molar-refractivity contribution in [1.29, 1.82) is 0 Å². The Morgan fingerprint density at radius 3 is 2.47 bits per heavy atom. The van der Waals surface area contributed by atoms with Gasteiger partial charge in [-0.3, -0.25) is 5.01 Å². The normalized spacial score (nSPS) is 16.2. The van der Waals surface area contributed by atoms with Crippen molar-refractivity contribution in [3.8, 4) is 5.75 Å². The number of hydrogen-bond acceptors (Lipinski definition) is 3. The molecule has 1 saturated heterocycles. The SMILES string of the molecule is COc1ccc(/C=N/N2CCCC2)cc1. The molecule has 0 N–H and O–H groups in total. The van der Waals surface area contributed by atoms with E-state index in [1.54, 1.807) is 7.11 Å². The second-order valence-corrected chi connectivity index (χ2v) is 3.68. The molecule has 80 valence electrons. The van der Waals surface area contributed by atoms with Gasteiger partial charge in [0.05, 0.1) is 13.3 Å². The summed E-state index contributed by atoms with van der Waals surface area (Å²) >= 11 is 0. The molecule has 0 saturated carbocycles. The molecule has 1 fully saturated rings. The zero-order valence-electron chi connectivity index (χ0n) is 9.02. The van der Waals surface area contributed by atoms with Crippen LogP contribution in [-0.4, -0.2) is 31.4 Å². The highest BCUT2D eigenvalue weighted by atomic mass is 16.5. The number of hydrogen-bond donors (Lipinski definition) is 0. The van der Waals surface area contributed by atoms with E-state index in [9.17, 15) is 0 Å². The summed E-state index contributed by atoms with van der Waals surface area (Å²) in [7, 11) is 1.67. The van der Waals surface area contributed by atoms with Gasteiger partial charge in [0.1, 0.15) is 5.75 Å². The smallest absolute Gasteiger partial charge is 0.118 e. The average Bonchev–Trinajstić information content (AvgIpc) is 2.80. The van der Waals surface area contributed by atoms with Gasteiger partial charge in [0.2, 0.25) is 0 Å². The predicted molar refractivity (Wildman–Crippen MR) is 61.4 cm³/mol. The monoisotopic (exact) mass is 204 g/mol. The summed E-state index contributed by atoms with van der Waals surface area (Å²) in [6.07, 6.45) is 4.44. The summed E-state index contributed by atoms with van der Waals surface area (Å²) in [5.74, 6) is 0.883. The second-order valence-electron chi connectivity index (χ2n) is 3.68. The highest BCUT2D eigenvalue weighted by molar-refractivity contribution is 5.79. The molecule has 1 aromatic carbocycles. The molecule has 1 aromatic rings. The summed E-state index contributed by atoms with van der Waals surface area (Å²) in [5, 5.41) is 6.53. The first kappa shape index (κ1) is 10.0. The third-order valence-electron chi connectivity index (χ3n) is 2.57. The molecule has 0 aliphatic carbocycles. The van der Waals surface area contributed by atoms with Crippen LogP contribution in [0.15, 0.2) is 29.4 Å². The summed E-state index contributed by atoms with van der Waals surface area (Å²) < 4.78 is 5.09. The minimum Gasteiger partial charge on any atom is -0.497 e. The lowest BCUT2D eigenvalue weighted by Gasteiger charge is -2.08. The number of benzene rings is 1. The maximum absolute atomic E-state index is 5.09. The number of rotatable bonds is 3. The Morgan fingerprint density at radius 1 is 1.20 bits per heavy atom. The molecule has 0 amide bonds. The maximum atomic E-state index is 5.09. The van der Waals surface area contributed by atoms with Crippen molar-refractivity contribution in [1.82, 2.24) is 5.01 Å². The second kappa shape index (κ2) is 4.82.